The second-order valence-electron chi connectivity index (χ2n) is 2.01. The SMILES string of the molecule is O=[N+]([O-])c1nn(CCF)cc1Cl. The second-order valence-corrected chi connectivity index (χ2v) is 2.42. The Morgan fingerprint density at radius 1 is 1.83 bits per heavy atom. The number of nitro groups is 1. The van der Waals surface area contributed by atoms with Crippen molar-refractivity contribution in [3.63, 3.8) is 0 Å². The van der Waals surface area contributed by atoms with Gasteiger partial charge >= 0.3 is 5.82 Å². The van der Waals surface area contributed by atoms with Gasteiger partial charge in [0.25, 0.3) is 0 Å². The molecule has 0 spiro atoms. The van der Waals surface area contributed by atoms with Gasteiger partial charge in [-0.1, -0.05) is 11.6 Å². The molecular formula is C5H5ClFN3O2. The first-order valence-electron chi connectivity index (χ1n) is 3.08. The quantitative estimate of drug-likeness (QED) is 0.539. The van der Waals surface area contributed by atoms with Crippen LogP contribution in [0.25, 0.3) is 0 Å². The molecule has 0 aliphatic carbocycles. The standard InChI is InChI=1S/C5H5ClFN3O2/c6-4-3-9(2-1-7)8-5(4)10(11)12/h3H,1-2H2. The minimum absolute atomic E-state index is 0.0203. The molecule has 7 heteroatoms. The lowest BCUT2D eigenvalue weighted by Gasteiger charge is -1.86. The third-order valence-electron chi connectivity index (χ3n) is 1.19. The smallest absolute Gasteiger partial charge is 0.358 e. The number of hydrogen-bond donors (Lipinski definition) is 0. The normalized spacial score (nSPS) is 10.2. The number of aromatic nitrogens is 2. The second kappa shape index (κ2) is 3.48. The molecule has 66 valence electrons. The fraction of sp³-hybridized carbons (Fsp3) is 0.400. The summed E-state index contributed by atoms with van der Waals surface area (Å²) in [6.07, 6.45) is 1.22. The van der Waals surface area contributed by atoms with Crippen molar-refractivity contribution in [2.24, 2.45) is 0 Å². The summed E-state index contributed by atoms with van der Waals surface area (Å²) in [5, 5.41) is 13.6. The maximum absolute atomic E-state index is 11.7. The number of rotatable bonds is 3. The van der Waals surface area contributed by atoms with Crippen LogP contribution in [0, 0.1) is 10.1 Å². The van der Waals surface area contributed by atoms with Gasteiger partial charge in [0, 0.05) is 0 Å². The van der Waals surface area contributed by atoms with Crippen LogP contribution < -0.4 is 0 Å². The first kappa shape index (κ1) is 8.92. The minimum atomic E-state index is -0.711. The van der Waals surface area contributed by atoms with E-state index in [0.29, 0.717) is 0 Å². The third-order valence-corrected chi connectivity index (χ3v) is 1.45. The molecule has 0 saturated carbocycles. The van der Waals surface area contributed by atoms with Crippen LogP contribution in [0.1, 0.15) is 0 Å². The maximum atomic E-state index is 11.7. The zero-order valence-corrected chi connectivity index (χ0v) is 6.66. The van der Waals surface area contributed by atoms with Crippen LogP contribution in [0.2, 0.25) is 5.02 Å². The summed E-state index contributed by atoms with van der Waals surface area (Å²) < 4.78 is 12.8. The lowest BCUT2D eigenvalue weighted by atomic mass is 10.6. The number of hydrogen-bond acceptors (Lipinski definition) is 3. The van der Waals surface area contributed by atoms with E-state index in [0.717, 1.165) is 4.68 Å². The summed E-state index contributed by atoms with van der Waals surface area (Å²) in [4.78, 5) is 9.48. The molecule has 0 N–H and O–H groups in total. The molecule has 1 heterocycles. The third kappa shape index (κ3) is 1.70. The van der Waals surface area contributed by atoms with E-state index in [1.807, 2.05) is 0 Å². The maximum Gasteiger partial charge on any atom is 0.408 e. The van der Waals surface area contributed by atoms with Gasteiger partial charge in [-0.2, -0.15) is 4.68 Å². The topological polar surface area (TPSA) is 61.0 Å². The summed E-state index contributed by atoms with van der Waals surface area (Å²) in [5.41, 5.74) is 0. The van der Waals surface area contributed by atoms with Crippen molar-refractivity contribution in [2.75, 3.05) is 6.67 Å². The van der Waals surface area contributed by atoms with E-state index in [1.165, 1.54) is 6.20 Å². The molecule has 1 aromatic heterocycles. The van der Waals surface area contributed by atoms with Crippen LogP contribution >= 0.6 is 11.6 Å². The van der Waals surface area contributed by atoms with Crippen LogP contribution in [0.15, 0.2) is 6.20 Å². The molecule has 1 rings (SSSR count). The van der Waals surface area contributed by atoms with Crippen molar-refractivity contribution in [3.8, 4) is 0 Å². The highest BCUT2D eigenvalue weighted by Gasteiger charge is 2.18. The largest absolute Gasteiger partial charge is 0.408 e. The van der Waals surface area contributed by atoms with Gasteiger partial charge in [-0.3, -0.25) is 0 Å². The molecular weight excluding hydrogens is 189 g/mol. The van der Waals surface area contributed by atoms with Crippen LogP contribution in [0.5, 0.6) is 0 Å². The summed E-state index contributed by atoms with van der Waals surface area (Å²) in [6.45, 7) is -0.650. The highest BCUT2D eigenvalue weighted by atomic mass is 35.5. The molecule has 0 unspecified atom stereocenters. The van der Waals surface area contributed by atoms with E-state index < -0.39 is 17.4 Å². The number of aryl methyl sites for hydroxylation is 1. The molecule has 0 aliphatic rings. The molecule has 0 aliphatic heterocycles. The Bertz CT molecular complexity index is 301. The monoisotopic (exact) mass is 193 g/mol. The van der Waals surface area contributed by atoms with Crippen molar-refractivity contribution in [1.29, 1.82) is 0 Å². The Hall–Kier alpha value is -1.17. The highest BCUT2D eigenvalue weighted by Crippen LogP contribution is 2.20. The van der Waals surface area contributed by atoms with E-state index in [9.17, 15) is 14.5 Å². The molecule has 1 aromatic rings. The van der Waals surface area contributed by atoms with Crippen molar-refractivity contribution in [3.05, 3.63) is 21.3 Å². The number of alkyl halides is 1. The van der Waals surface area contributed by atoms with Crippen LogP contribution in [-0.2, 0) is 6.54 Å². The molecule has 0 fully saturated rings. The number of nitrogens with zero attached hydrogens (tertiary/aromatic N) is 3. The van der Waals surface area contributed by atoms with Crippen molar-refractivity contribution >= 4 is 17.4 Å². The van der Waals surface area contributed by atoms with Gasteiger partial charge < -0.3 is 10.1 Å². The van der Waals surface area contributed by atoms with Gasteiger partial charge in [0.2, 0.25) is 0 Å². The van der Waals surface area contributed by atoms with Gasteiger partial charge in [0.15, 0.2) is 5.02 Å². The van der Waals surface area contributed by atoms with Gasteiger partial charge in [-0.25, -0.2) is 4.39 Å². The zero-order valence-electron chi connectivity index (χ0n) is 5.91. The number of halogens is 2. The van der Waals surface area contributed by atoms with E-state index in [1.54, 1.807) is 0 Å². The molecule has 0 radical (unpaired) electrons. The molecule has 5 nitrogen and oxygen atoms in total. The van der Waals surface area contributed by atoms with E-state index in [4.69, 9.17) is 11.6 Å². The van der Waals surface area contributed by atoms with Gasteiger partial charge in [0.05, 0.1) is 17.8 Å². The first-order chi connectivity index (χ1) is 5.65. The van der Waals surface area contributed by atoms with Gasteiger partial charge in [-0.15, -0.1) is 0 Å². The summed E-state index contributed by atoms with van der Waals surface area (Å²) >= 11 is 5.43. The average Bonchev–Trinajstić information content (AvgIpc) is 2.32. The van der Waals surface area contributed by atoms with E-state index >= 15 is 0 Å². The Kier molecular flexibility index (Phi) is 2.59. The molecule has 0 aromatic carbocycles. The fourth-order valence-corrected chi connectivity index (χ4v) is 0.931. The lowest BCUT2D eigenvalue weighted by molar-refractivity contribution is -0.389. The average molecular weight is 194 g/mol. The van der Waals surface area contributed by atoms with Crippen LogP contribution in [-0.4, -0.2) is 21.4 Å². The lowest BCUT2D eigenvalue weighted by Crippen LogP contribution is -2.00. The fourth-order valence-electron chi connectivity index (χ4n) is 0.712. The van der Waals surface area contributed by atoms with E-state index in [-0.39, 0.29) is 11.6 Å². The first-order valence-corrected chi connectivity index (χ1v) is 3.46. The molecule has 0 saturated heterocycles. The Labute approximate surface area is 71.9 Å². The summed E-state index contributed by atoms with van der Waals surface area (Å²) in [6, 6.07) is 0. The Morgan fingerprint density at radius 2 is 2.50 bits per heavy atom. The molecule has 0 atom stereocenters. The predicted octanol–water partition coefficient (Wildman–Crippen LogP) is 1.41. The van der Waals surface area contributed by atoms with Crippen LogP contribution in [0.4, 0.5) is 10.2 Å². The van der Waals surface area contributed by atoms with Gasteiger partial charge in [-0.05, 0) is 4.92 Å². The minimum Gasteiger partial charge on any atom is -0.358 e. The predicted molar refractivity (Wildman–Crippen MR) is 39.9 cm³/mol. The molecule has 0 bridgehead atoms. The van der Waals surface area contributed by atoms with Crippen LogP contribution in [0.3, 0.4) is 0 Å². The van der Waals surface area contributed by atoms with Crippen molar-refractivity contribution in [1.82, 2.24) is 9.78 Å². The zero-order chi connectivity index (χ0) is 9.14. The Morgan fingerprint density at radius 3 is 2.92 bits per heavy atom. The van der Waals surface area contributed by atoms with E-state index in [2.05, 4.69) is 5.10 Å². The molecule has 0 amide bonds. The molecule has 12 heavy (non-hydrogen) atoms. The van der Waals surface area contributed by atoms with Crippen molar-refractivity contribution < 1.29 is 9.31 Å². The van der Waals surface area contributed by atoms with Gasteiger partial charge in [0.1, 0.15) is 6.67 Å². The summed E-state index contributed by atoms with van der Waals surface area (Å²) in [7, 11) is 0. The summed E-state index contributed by atoms with van der Waals surface area (Å²) in [5.74, 6) is -0.440. The van der Waals surface area contributed by atoms with Crippen molar-refractivity contribution in [2.45, 2.75) is 6.54 Å². The highest BCUT2D eigenvalue weighted by molar-refractivity contribution is 6.32. The Balaban J connectivity index is 2.92.